The topological polar surface area (TPSA) is 63.1 Å². The molecule has 1 N–H and O–H groups in total. The predicted molar refractivity (Wildman–Crippen MR) is 70.7 cm³/mol. The van der Waals surface area contributed by atoms with Crippen LogP contribution in [-0.2, 0) is 15.6 Å². The van der Waals surface area contributed by atoms with Crippen molar-refractivity contribution in [2.45, 2.75) is 58.8 Å². The molecule has 0 saturated carbocycles. The van der Waals surface area contributed by atoms with E-state index in [4.69, 9.17) is 5.11 Å². The zero-order valence-corrected chi connectivity index (χ0v) is 12.0. The molecule has 0 atom stereocenters. The molecule has 1 heterocycles. The van der Waals surface area contributed by atoms with Crippen molar-refractivity contribution in [1.82, 2.24) is 9.97 Å². The van der Waals surface area contributed by atoms with Crippen LogP contribution in [0, 0.1) is 6.92 Å². The van der Waals surface area contributed by atoms with E-state index < -0.39 is 11.4 Å². The third-order valence-electron chi connectivity index (χ3n) is 2.82. The number of carboxylic acid groups (broad SMARTS) is 1. The molecule has 0 amide bonds. The smallest absolute Gasteiger partial charge is 0.304 e. The van der Waals surface area contributed by atoms with Gasteiger partial charge >= 0.3 is 5.97 Å². The average molecular weight is 250 g/mol. The molecule has 1 aromatic rings. The van der Waals surface area contributed by atoms with Gasteiger partial charge in [0.25, 0.3) is 0 Å². The van der Waals surface area contributed by atoms with E-state index in [1.54, 1.807) is 0 Å². The third-order valence-corrected chi connectivity index (χ3v) is 2.82. The highest BCUT2D eigenvalue weighted by Crippen LogP contribution is 2.27. The Hall–Kier alpha value is -1.45. The number of carboxylic acids is 1. The maximum atomic E-state index is 10.9. The molecule has 100 valence electrons. The Labute approximate surface area is 108 Å². The number of hydrogen-bond acceptors (Lipinski definition) is 3. The fourth-order valence-electron chi connectivity index (χ4n) is 1.71. The highest BCUT2D eigenvalue weighted by Gasteiger charge is 2.29. The molecular formula is C14H22N2O2. The van der Waals surface area contributed by atoms with Crippen LogP contribution in [0.25, 0.3) is 0 Å². The Balaban J connectivity index is 3.25. The Kier molecular flexibility index (Phi) is 3.79. The summed E-state index contributed by atoms with van der Waals surface area (Å²) in [5.74, 6) is -0.225. The van der Waals surface area contributed by atoms with Gasteiger partial charge in [-0.15, -0.1) is 0 Å². The van der Waals surface area contributed by atoms with Gasteiger partial charge in [0.05, 0.1) is 6.42 Å². The van der Waals surface area contributed by atoms with Crippen molar-refractivity contribution in [2.24, 2.45) is 0 Å². The molecule has 0 bridgehead atoms. The van der Waals surface area contributed by atoms with Crippen molar-refractivity contribution in [3.63, 3.8) is 0 Å². The lowest BCUT2D eigenvalue weighted by Gasteiger charge is -2.25. The molecule has 1 rings (SSSR count). The SMILES string of the molecule is Cc1cc(C(C)(C)C)nc(C(C)(C)CC(=O)O)n1. The van der Waals surface area contributed by atoms with Crippen molar-refractivity contribution >= 4 is 5.97 Å². The first kappa shape index (κ1) is 14.6. The van der Waals surface area contributed by atoms with Crippen LogP contribution in [0.5, 0.6) is 0 Å². The average Bonchev–Trinajstić information content (AvgIpc) is 2.13. The lowest BCUT2D eigenvalue weighted by atomic mass is 9.86. The van der Waals surface area contributed by atoms with Crippen LogP contribution >= 0.6 is 0 Å². The van der Waals surface area contributed by atoms with Crippen LogP contribution in [0.15, 0.2) is 6.07 Å². The second kappa shape index (κ2) is 4.67. The summed E-state index contributed by atoms with van der Waals surface area (Å²) < 4.78 is 0. The highest BCUT2D eigenvalue weighted by atomic mass is 16.4. The summed E-state index contributed by atoms with van der Waals surface area (Å²) in [5, 5.41) is 8.95. The fourth-order valence-corrected chi connectivity index (χ4v) is 1.71. The van der Waals surface area contributed by atoms with Crippen LogP contribution in [0.2, 0.25) is 0 Å². The molecule has 0 aliphatic carbocycles. The minimum Gasteiger partial charge on any atom is -0.481 e. The molecule has 0 radical (unpaired) electrons. The first-order valence-corrected chi connectivity index (χ1v) is 6.11. The Bertz CT molecular complexity index is 459. The van der Waals surface area contributed by atoms with Crippen LogP contribution in [0.4, 0.5) is 0 Å². The quantitative estimate of drug-likeness (QED) is 0.896. The van der Waals surface area contributed by atoms with Gasteiger partial charge in [-0.2, -0.15) is 0 Å². The summed E-state index contributed by atoms with van der Waals surface area (Å²) in [7, 11) is 0. The van der Waals surface area contributed by atoms with E-state index in [1.807, 2.05) is 26.8 Å². The second-order valence-corrected chi connectivity index (χ2v) is 6.42. The van der Waals surface area contributed by atoms with Gasteiger partial charge in [-0.1, -0.05) is 34.6 Å². The Morgan fingerprint density at radius 2 is 1.78 bits per heavy atom. The second-order valence-electron chi connectivity index (χ2n) is 6.42. The fraction of sp³-hybridized carbons (Fsp3) is 0.643. The third kappa shape index (κ3) is 3.52. The molecule has 0 unspecified atom stereocenters. The lowest BCUT2D eigenvalue weighted by Crippen LogP contribution is -2.27. The van der Waals surface area contributed by atoms with E-state index in [2.05, 4.69) is 30.7 Å². The Morgan fingerprint density at radius 3 is 2.22 bits per heavy atom. The lowest BCUT2D eigenvalue weighted by molar-refractivity contribution is -0.138. The maximum Gasteiger partial charge on any atom is 0.304 e. The summed E-state index contributed by atoms with van der Waals surface area (Å²) in [6.07, 6.45) is 0.0278. The minimum absolute atomic E-state index is 0.0278. The zero-order valence-electron chi connectivity index (χ0n) is 12.0. The number of aliphatic carboxylic acids is 1. The molecule has 0 saturated heterocycles. The van der Waals surface area contributed by atoms with Gasteiger partial charge in [-0.25, -0.2) is 9.97 Å². The number of rotatable bonds is 3. The number of aryl methyl sites for hydroxylation is 1. The van der Waals surface area contributed by atoms with E-state index in [1.165, 1.54) is 0 Å². The maximum absolute atomic E-state index is 10.9. The standard InChI is InChI=1S/C14H22N2O2/c1-9-7-10(13(2,3)4)16-12(15-9)14(5,6)8-11(17)18/h7H,8H2,1-6H3,(H,17,18). The molecular weight excluding hydrogens is 228 g/mol. The van der Waals surface area contributed by atoms with E-state index in [0.29, 0.717) is 5.82 Å². The van der Waals surface area contributed by atoms with E-state index in [0.717, 1.165) is 11.4 Å². The van der Waals surface area contributed by atoms with Crippen molar-refractivity contribution < 1.29 is 9.90 Å². The predicted octanol–water partition coefficient (Wildman–Crippen LogP) is 2.83. The van der Waals surface area contributed by atoms with Gasteiger partial charge < -0.3 is 5.11 Å². The van der Waals surface area contributed by atoms with Gasteiger partial charge in [0.2, 0.25) is 0 Å². The summed E-state index contributed by atoms with van der Waals surface area (Å²) in [6.45, 7) is 11.9. The normalized spacial score (nSPS) is 12.6. The van der Waals surface area contributed by atoms with E-state index in [-0.39, 0.29) is 11.8 Å². The van der Waals surface area contributed by atoms with Crippen LogP contribution in [0.3, 0.4) is 0 Å². The molecule has 4 nitrogen and oxygen atoms in total. The van der Waals surface area contributed by atoms with Crippen molar-refractivity contribution in [2.75, 3.05) is 0 Å². The van der Waals surface area contributed by atoms with Crippen molar-refractivity contribution in [1.29, 1.82) is 0 Å². The highest BCUT2D eigenvalue weighted by molar-refractivity contribution is 5.68. The first-order chi connectivity index (χ1) is 8.02. The number of nitrogens with zero attached hydrogens (tertiary/aromatic N) is 2. The summed E-state index contributed by atoms with van der Waals surface area (Å²) in [5.41, 5.74) is 1.20. The Morgan fingerprint density at radius 1 is 1.22 bits per heavy atom. The molecule has 4 heteroatoms. The van der Waals surface area contributed by atoms with Crippen molar-refractivity contribution in [3.05, 3.63) is 23.3 Å². The molecule has 0 aliphatic rings. The molecule has 0 spiro atoms. The largest absolute Gasteiger partial charge is 0.481 e. The van der Waals surface area contributed by atoms with Crippen LogP contribution in [0.1, 0.15) is 58.3 Å². The summed E-state index contributed by atoms with van der Waals surface area (Å²) in [6, 6.07) is 1.96. The number of hydrogen-bond donors (Lipinski definition) is 1. The van der Waals surface area contributed by atoms with Gasteiger partial charge in [-0.3, -0.25) is 4.79 Å². The van der Waals surface area contributed by atoms with Crippen LogP contribution in [-0.4, -0.2) is 21.0 Å². The van der Waals surface area contributed by atoms with Gasteiger partial charge in [0.15, 0.2) is 0 Å². The first-order valence-electron chi connectivity index (χ1n) is 6.11. The number of aromatic nitrogens is 2. The monoisotopic (exact) mass is 250 g/mol. The van der Waals surface area contributed by atoms with Gasteiger partial charge in [0, 0.05) is 22.2 Å². The molecule has 0 aromatic carbocycles. The molecule has 1 aromatic heterocycles. The summed E-state index contributed by atoms with van der Waals surface area (Å²) in [4.78, 5) is 19.9. The van der Waals surface area contributed by atoms with Crippen LogP contribution < -0.4 is 0 Å². The summed E-state index contributed by atoms with van der Waals surface area (Å²) >= 11 is 0. The number of carbonyl (C=O) groups is 1. The van der Waals surface area contributed by atoms with Crippen molar-refractivity contribution in [3.8, 4) is 0 Å². The molecule has 18 heavy (non-hydrogen) atoms. The van der Waals surface area contributed by atoms with Gasteiger partial charge in [-0.05, 0) is 13.0 Å². The van der Waals surface area contributed by atoms with Gasteiger partial charge in [0.1, 0.15) is 5.82 Å². The van der Waals surface area contributed by atoms with E-state index >= 15 is 0 Å². The molecule has 0 fully saturated rings. The zero-order chi connectivity index (χ0) is 14.1. The molecule has 0 aliphatic heterocycles. The minimum atomic E-state index is -0.831. The van der Waals surface area contributed by atoms with E-state index in [9.17, 15) is 4.79 Å².